The molecule has 4 unspecified atom stereocenters. The zero-order chi connectivity index (χ0) is 13.1. The summed E-state index contributed by atoms with van der Waals surface area (Å²) in [6.07, 6.45) is 4.05. The summed E-state index contributed by atoms with van der Waals surface area (Å²) in [7, 11) is 1.83. The Morgan fingerprint density at radius 1 is 1.26 bits per heavy atom. The van der Waals surface area contributed by atoms with Gasteiger partial charge in [-0.25, -0.2) is 0 Å². The Labute approximate surface area is 113 Å². The third-order valence-corrected chi connectivity index (χ3v) is 5.57. The van der Waals surface area contributed by atoms with E-state index in [1.54, 1.807) is 23.1 Å². The van der Waals surface area contributed by atoms with Gasteiger partial charge in [-0.3, -0.25) is 4.79 Å². The lowest BCUT2D eigenvalue weighted by atomic mass is 10.0. The normalized spacial score (nSPS) is 38.1. The minimum absolute atomic E-state index is 0.216. The van der Waals surface area contributed by atoms with Gasteiger partial charge in [-0.1, -0.05) is 6.07 Å². The predicted molar refractivity (Wildman–Crippen MR) is 72.8 cm³/mol. The molecule has 0 heterocycles. The average Bonchev–Trinajstić information content (AvgIpc) is 2.84. The number of carbonyl (C=O) groups is 1. The Morgan fingerprint density at radius 3 is 2.58 bits per heavy atom. The van der Waals surface area contributed by atoms with Gasteiger partial charge in [0.15, 0.2) is 0 Å². The second kappa shape index (κ2) is 3.75. The van der Waals surface area contributed by atoms with Crippen LogP contribution in [0.2, 0.25) is 0 Å². The maximum atomic E-state index is 12.6. The number of phenols is 1. The van der Waals surface area contributed by atoms with Gasteiger partial charge in [0.25, 0.3) is 0 Å². The van der Waals surface area contributed by atoms with Crippen molar-refractivity contribution in [2.75, 3.05) is 11.9 Å². The number of amides is 1. The first kappa shape index (κ1) is 11.3. The number of benzene rings is 1. The quantitative estimate of drug-likeness (QED) is 0.884. The molecule has 0 aromatic heterocycles. The van der Waals surface area contributed by atoms with Crippen molar-refractivity contribution in [3.63, 3.8) is 0 Å². The van der Waals surface area contributed by atoms with E-state index in [-0.39, 0.29) is 17.6 Å². The molecule has 1 aromatic rings. The van der Waals surface area contributed by atoms with Crippen molar-refractivity contribution >= 4 is 11.6 Å². The Balaban J connectivity index is 1.53. The summed E-state index contributed by atoms with van der Waals surface area (Å²) in [6, 6.07) is 6.95. The van der Waals surface area contributed by atoms with Crippen molar-refractivity contribution in [1.29, 1.82) is 0 Å². The van der Waals surface area contributed by atoms with Crippen LogP contribution in [0.5, 0.6) is 5.75 Å². The van der Waals surface area contributed by atoms with Crippen molar-refractivity contribution in [2.24, 2.45) is 29.6 Å². The van der Waals surface area contributed by atoms with Crippen LogP contribution in [-0.4, -0.2) is 18.1 Å². The molecule has 100 valence electrons. The molecule has 0 saturated heterocycles. The van der Waals surface area contributed by atoms with Crippen molar-refractivity contribution in [1.82, 2.24) is 0 Å². The van der Waals surface area contributed by atoms with Crippen LogP contribution < -0.4 is 4.90 Å². The lowest BCUT2D eigenvalue weighted by Crippen LogP contribution is -2.30. The van der Waals surface area contributed by atoms with E-state index in [1.165, 1.54) is 19.3 Å². The summed E-state index contributed by atoms with van der Waals surface area (Å²) >= 11 is 0. The summed E-state index contributed by atoms with van der Waals surface area (Å²) in [5.74, 6) is 3.71. The highest BCUT2D eigenvalue weighted by Crippen LogP contribution is 2.69. The summed E-state index contributed by atoms with van der Waals surface area (Å²) < 4.78 is 0. The number of rotatable bonds is 2. The van der Waals surface area contributed by atoms with Crippen LogP contribution in [0.3, 0.4) is 0 Å². The van der Waals surface area contributed by atoms with E-state index in [1.807, 2.05) is 13.1 Å². The van der Waals surface area contributed by atoms with E-state index in [4.69, 9.17) is 0 Å². The minimum atomic E-state index is 0.216. The fourth-order valence-corrected chi connectivity index (χ4v) is 4.71. The number of phenolic OH excluding ortho intramolecular Hbond substituents is 1. The van der Waals surface area contributed by atoms with Crippen LogP contribution in [0, 0.1) is 29.6 Å². The SMILES string of the molecule is CN(C(=O)C1C2C3CCC(C3)C12)c1cccc(O)c1. The van der Waals surface area contributed by atoms with Crippen LogP contribution in [0.15, 0.2) is 24.3 Å². The molecule has 1 amide bonds. The molecule has 4 atom stereocenters. The van der Waals surface area contributed by atoms with E-state index in [9.17, 15) is 9.90 Å². The van der Waals surface area contributed by atoms with E-state index in [2.05, 4.69) is 0 Å². The Kier molecular flexibility index (Phi) is 2.23. The van der Waals surface area contributed by atoms with Gasteiger partial charge in [0, 0.05) is 24.7 Å². The van der Waals surface area contributed by atoms with Gasteiger partial charge in [0.1, 0.15) is 5.75 Å². The van der Waals surface area contributed by atoms with Gasteiger partial charge in [-0.2, -0.15) is 0 Å². The van der Waals surface area contributed by atoms with Gasteiger partial charge in [0.05, 0.1) is 0 Å². The number of anilines is 1. The van der Waals surface area contributed by atoms with Crippen LogP contribution in [-0.2, 0) is 4.79 Å². The zero-order valence-corrected chi connectivity index (χ0v) is 11.1. The molecule has 3 fully saturated rings. The van der Waals surface area contributed by atoms with Crippen LogP contribution in [0.1, 0.15) is 19.3 Å². The molecule has 3 heteroatoms. The lowest BCUT2D eigenvalue weighted by Gasteiger charge is -2.19. The Hall–Kier alpha value is -1.51. The fraction of sp³-hybridized carbons (Fsp3) is 0.562. The molecule has 3 aliphatic rings. The van der Waals surface area contributed by atoms with E-state index in [0.717, 1.165) is 17.5 Å². The molecular weight excluding hydrogens is 238 g/mol. The maximum absolute atomic E-state index is 12.6. The second-order valence-corrected chi connectivity index (χ2v) is 6.43. The van der Waals surface area contributed by atoms with Gasteiger partial charge in [0.2, 0.25) is 5.91 Å². The van der Waals surface area contributed by atoms with Gasteiger partial charge < -0.3 is 10.0 Å². The highest BCUT2D eigenvalue weighted by Gasteiger charge is 2.67. The third-order valence-electron chi connectivity index (χ3n) is 5.57. The predicted octanol–water partition coefficient (Wildman–Crippen LogP) is 2.65. The smallest absolute Gasteiger partial charge is 0.230 e. The second-order valence-electron chi connectivity index (χ2n) is 6.43. The van der Waals surface area contributed by atoms with Crippen molar-refractivity contribution in [3.05, 3.63) is 24.3 Å². The Bertz CT molecular complexity index is 525. The number of nitrogens with zero attached hydrogens (tertiary/aromatic N) is 1. The van der Waals surface area contributed by atoms with E-state index in [0.29, 0.717) is 11.8 Å². The molecule has 0 aliphatic heterocycles. The van der Waals surface area contributed by atoms with E-state index < -0.39 is 0 Å². The average molecular weight is 257 g/mol. The molecular formula is C16H19NO2. The van der Waals surface area contributed by atoms with Crippen molar-refractivity contribution < 1.29 is 9.90 Å². The van der Waals surface area contributed by atoms with Gasteiger partial charge in [-0.15, -0.1) is 0 Å². The van der Waals surface area contributed by atoms with Crippen LogP contribution in [0.25, 0.3) is 0 Å². The maximum Gasteiger partial charge on any atom is 0.230 e. The number of hydrogen-bond acceptors (Lipinski definition) is 2. The first-order valence-electron chi connectivity index (χ1n) is 7.23. The first-order valence-corrected chi connectivity index (χ1v) is 7.23. The minimum Gasteiger partial charge on any atom is -0.508 e. The lowest BCUT2D eigenvalue weighted by molar-refractivity contribution is -0.120. The molecule has 19 heavy (non-hydrogen) atoms. The molecule has 2 bridgehead atoms. The van der Waals surface area contributed by atoms with Gasteiger partial charge in [-0.05, 0) is 55.1 Å². The number of aromatic hydroxyl groups is 1. The van der Waals surface area contributed by atoms with Crippen molar-refractivity contribution in [3.8, 4) is 5.75 Å². The zero-order valence-electron chi connectivity index (χ0n) is 11.1. The third kappa shape index (κ3) is 1.54. The monoisotopic (exact) mass is 257 g/mol. The van der Waals surface area contributed by atoms with Crippen LogP contribution in [0.4, 0.5) is 5.69 Å². The van der Waals surface area contributed by atoms with Crippen LogP contribution >= 0.6 is 0 Å². The highest BCUT2D eigenvalue weighted by molar-refractivity contribution is 5.97. The first-order chi connectivity index (χ1) is 9.16. The molecule has 4 rings (SSSR count). The molecule has 3 nitrogen and oxygen atoms in total. The Morgan fingerprint density at radius 2 is 1.95 bits per heavy atom. The summed E-state index contributed by atoms with van der Waals surface area (Å²) in [5, 5.41) is 9.52. The number of hydrogen-bond donors (Lipinski definition) is 1. The number of carbonyl (C=O) groups excluding carboxylic acids is 1. The molecule has 0 radical (unpaired) electrons. The van der Waals surface area contributed by atoms with E-state index >= 15 is 0 Å². The summed E-state index contributed by atoms with van der Waals surface area (Å²) in [4.78, 5) is 14.3. The highest BCUT2D eigenvalue weighted by atomic mass is 16.3. The number of fused-ring (bicyclic) bond motifs is 5. The molecule has 1 aromatic carbocycles. The fourth-order valence-electron chi connectivity index (χ4n) is 4.71. The topological polar surface area (TPSA) is 40.5 Å². The standard InChI is InChI=1S/C16H19NO2/c1-17(11-3-2-4-12(18)8-11)16(19)15-13-9-5-6-10(7-9)14(13)15/h2-4,8-10,13-15,18H,5-7H2,1H3. The largest absolute Gasteiger partial charge is 0.508 e. The molecule has 3 saturated carbocycles. The molecule has 1 N–H and O–H groups in total. The molecule has 0 spiro atoms. The molecule has 3 aliphatic carbocycles. The summed E-state index contributed by atoms with van der Waals surface area (Å²) in [5.41, 5.74) is 0.794. The van der Waals surface area contributed by atoms with Gasteiger partial charge >= 0.3 is 0 Å². The summed E-state index contributed by atoms with van der Waals surface area (Å²) in [6.45, 7) is 0. The van der Waals surface area contributed by atoms with Crippen molar-refractivity contribution in [2.45, 2.75) is 19.3 Å².